The summed E-state index contributed by atoms with van der Waals surface area (Å²) < 4.78 is -0.503. The van der Waals surface area contributed by atoms with Gasteiger partial charge in [-0.3, -0.25) is 4.79 Å². The Balaban J connectivity index is 3.83. The highest BCUT2D eigenvalue weighted by Gasteiger charge is 2.22. The molecule has 0 heterocycles. The Kier molecular flexibility index (Phi) is 5.93. The lowest BCUT2D eigenvalue weighted by atomic mass is 10.1. The first-order valence-electron chi connectivity index (χ1n) is 3.33. The first-order chi connectivity index (χ1) is 5.49. The largest absolute Gasteiger partial charge is 0.394 e. The molecule has 4 N–H and O–H groups in total. The van der Waals surface area contributed by atoms with Gasteiger partial charge in [-0.25, -0.2) is 0 Å². The van der Waals surface area contributed by atoms with Crippen molar-refractivity contribution < 1.29 is 25.2 Å². The van der Waals surface area contributed by atoms with E-state index in [1.54, 1.807) is 0 Å². The molecule has 0 saturated heterocycles. The fraction of sp³-hybridized carbons (Fsp3) is 0.833. The van der Waals surface area contributed by atoms with Gasteiger partial charge in [-0.2, -0.15) is 0 Å². The van der Waals surface area contributed by atoms with E-state index in [-0.39, 0.29) is 6.42 Å². The van der Waals surface area contributed by atoms with E-state index in [0.29, 0.717) is 0 Å². The van der Waals surface area contributed by atoms with Gasteiger partial charge in [-0.15, -0.1) is 0 Å². The van der Waals surface area contributed by atoms with Crippen molar-refractivity contribution in [1.82, 2.24) is 0 Å². The van der Waals surface area contributed by atoms with Crippen LogP contribution in [0.5, 0.6) is 0 Å². The second kappa shape index (κ2) is 5.81. The van der Waals surface area contributed by atoms with Crippen molar-refractivity contribution in [2.45, 2.75) is 24.7 Å². The lowest BCUT2D eigenvalue weighted by molar-refractivity contribution is -0.119. The number of hydrogen-bond acceptors (Lipinski definition) is 5. The van der Waals surface area contributed by atoms with E-state index in [9.17, 15) is 4.79 Å². The molecule has 0 aromatic carbocycles. The smallest absolute Gasteiger partial charge is 0.220 e. The summed E-state index contributed by atoms with van der Waals surface area (Å²) in [6, 6.07) is 0. The molecule has 0 aromatic heterocycles. The Morgan fingerprint density at radius 3 is 2.08 bits per heavy atom. The maximum Gasteiger partial charge on any atom is 0.220 e. The number of carbonyl (C=O) groups excluding carboxylic acids is 1. The molecule has 12 heavy (non-hydrogen) atoms. The second-order valence-corrected chi connectivity index (χ2v) is 3.44. The monoisotopic (exact) mass is 290 g/mol. The summed E-state index contributed by atoms with van der Waals surface area (Å²) in [5.41, 5.74) is 0. The van der Waals surface area contributed by atoms with Crippen LogP contribution in [0.25, 0.3) is 0 Å². The lowest BCUT2D eigenvalue weighted by Crippen LogP contribution is -2.34. The molecule has 0 spiro atoms. The molecule has 0 radical (unpaired) electrons. The normalized spacial score (nSPS) is 18.4. The average molecular weight is 290 g/mol. The van der Waals surface area contributed by atoms with Crippen molar-refractivity contribution in [3.05, 3.63) is 0 Å². The Hall–Kier alpha value is 0.240. The highest BCUT2D eigenvalue weighted by molar-refractivity contribution is 14.1. The van der Waals surface area contributed by atoms with Gasteiger partial charge in [-0.05, 0) is 0 Å². The van der Waals surface area contributed by atoms with Crippen LogP contribution in [0.1, 0.15) is 6.42 Å². The topological polar surface area (TPSA) is 98.0 Å². The van der Waals surface area contributed by atoms with Crippen molar-refractivity contribution in [3.63, 3.8) is 0 Å². The first-order valence-corrected chi connectivity index (χ1v) is 4.41. The zero-order valence-electron chi connectivity index (χ0n) is 6.22. The minimum Gasteiger partial charge on any atom is -0.394 e. The molecule has 0 aromatic rings. The third-order valence-electron chi connectivity index (χ3n) is 1.36. The molecular weight excluding hydrogens is 279 g/mol. The van der Waals surface area contributed by atoms with E-state index in [1.165, 1.54) is 22.6 Å². The van der Waals surface area contributed by atoms with Gasteiger partial charge in [0.2, 0.25) is 3.79 Å². The molecule has 6 heteroatoms. The molecule has 0 rings (SSSR count). The van der Waals surface area contributed by atoms with Crippen LogP contribution in [0.4, 0.5) is 0 Å². The van der Waals surface area contributed by atoms with E-state index in [0.717, 1.165) is 0 Å². The van der Waals surface area contributed by atoms with Crippen molar-refractivity contribution >= 4 is 26.4 Å². The minimum atomic E-state index is -1.31. The number of hydrogen-bond donors (Lipinski definition) is 4. The second-order valence-electron chi connectivity index (χ2n) is 2.37. The SMILES string of the molecule is O=C(I)[C@H](O)C[C@H](O)[C@H](O)CO. The average Bonchev–Trinajstić information content (AvgIpc) is 2.02. The summed E-state index contributed by atoms with van der Waals surface area (Å²) in [5, 5.41) is 35.2. The van der Waals surface area contributed by atoms with Crippen LogP contribution in [0, 0.1) is 0 Å². The molecule has 0 aliphatic carbocycles. The minimum absolute atomic E-state index is 0.260. The van der Waals surface area contributed by atoms with Crippen molar-refractivity contribution in [2.24, 2.45) is 0 Å². The predicted octanol–water partition coefficient (Wildman–Crippen LogP) is -1.59. The molecular formula is C6H11IO5. The summed E-state index contributed by atoms with van der Waals surface area (Å²) in [7, 11) is 0. The van der Waals surface area contributed by atoms with Gasteiger partial charge in [0.25, 0.3) is 0 Å². The zero-order valence-corrected chi connectivity index (χ0v) is 8.38. The van der Waals surface area contributed by atoms with Crippen LogP contribution >= 0.6 is 22.6 Å². The van der Waals surface area contributed by atoms with E-state index in [4.69, 9.17) is 20.4 Å². The van der Waals surface area contributed by atoms with Crippen LogP contribution in [0.15, 0.2) is 0 Å². The van der Waals surface area contributed by atoms with E-state index >= 15 is 0 Å². The summed E-state index contributed by atoms with van der Waals surface area (Å²) >= 11 is 1.39. The quantitative estimate of drug-likeness (QED) is 0.362. The van der Waals surface area contributed by atoms with Gasteiger partial charge in [-0.1, -0.05) is 0 Å². The highest BCUT2D eigenvalue weighted by Crippen LogP contribution is 2.06. The summed E-state index contributed by atoms with van der Waals surface area (Å²) in [6.45, 7) is -0.594. The number of halogens is 1. The molecule has 72 valence electrons. The van der Waals surface area contributed by atoms with Crippen LogP contribution in [-0.2, 0) is 4.79 Å². The Morgan fingerprint density at radius 2 is 1.75 bits per heavy atom. The molecule has 0 aliphatic rings. The zero-order chi connectivity index (χ0) is 9.72. The van der Waals surface area contributed by atoms with Gasteiger partial charge in [0.1, 0.15) is 12.2 Å². The molecule has 0 aliphatic heterocycles. The third-order valence-corrected chi connectivity index (χ3v) is 2.08. The number of rotatable bonds is 5. The maximum atomic E-state index is 10.5. The number of aliphatic hydroxyl groups excluding tert-OH is 4. The molecule has 3 atom stereocenters. The van der Waals surface area contributed by atoms with Crippen molar-refractivity contribution in [1.29, 1.82) is 0 Å². The van der Waals surface area contributed by atoms with E-state index in [2.05, 4.69) is 0 Å². The van der Waals surface area contributed by atoms with Crippen molar-refractivity contribution in [3.8, 4) is 0 Å². The van der Waals surface area contributed by atoms with E-state index < -0.39 is 28.7 Å². The fourth-order valence-electron chi connectivity index (χ4n) is 0.600. The van der Waals surface area contributed by atoms with Crippen LogP contribution in [-0.4, -0.2) is 49.1 Å². The summed E-state index contributed by atoms with van der Waals surface area (Å²) in [4.78, 5) is 10.5. The number of carbonyl (C=O) groups is 1. The first kappa shape index (κ1) is 12.2. The Morgan fingerprint density at radius 1 is 1.25 bits per heavy atom. The number of aliphatic hydroxyl groups is 4. The predicted molar refractivity (Wildman–Crippen MR) is 48.8 cm³/mol. The molecule has 0 fully saturated rings. The third kappa shape index (κ3) is 4.31. The molecule has 0 amide bonds. The molecule has 0 unspecified atom stereocenters. The van der Waals surface area contributed by atoms with Crippen LogP contribution in [0.2, 0.25) is 0 Å². The standard InChI is InChI=1S/C6H11IO5/c7-6(12)4(10)1-3(9)5(11)2-8/h3-5,8-11H,1-2H2/t3-,4+,5+/m0/s1. The van der Waals surface area contributed by atoms with Gasteiger partial charge < -0.3 is 20.4 Å². The summed E-state index contributed by atoms with van der Waals surface area (Å²) in [5.74, 6) is 0. The maximum absolute atomic E-state index is 10.5. The Labute approximate surface area is 83.2 Å². The molecule has 0 bridgehead atoms. The van der Waals surface area contributed by atoms with Crippen LogP contribution < -0.4 is 0 Å². The fourth-order valence-corrected chi connectivity index (χ4v) is 0.854. The van der Waals surface area contributed by atoms with Gasteiger partial charge in [0.05, 0.1) is 12.7 Å². The summed E-state index contributed by atoms with van der Waals surface area (Å²) in [6.07, 6.45) is -4.13. The molecule has 5 nitrogen and oxygen atoms in total. The Bertz CT molecular complexity index is 151. The van der Waals surface area contributed by atoms with Gasteiger partial charge >= 0.3 is 0 Å². The molecule has 0 saturated carbocycles. The van der Waals surface area contributed by atoms with E-state index in [1.807, 2.05) is 0 Å². The highest BCUT2D eigenvalue weighted by atomic mass is 127. The van der Waals surface area contributed by atoms with Crippen molar-refractivity contribution in [2.75, 3.05) is 6.61 Å². The van der Waals surface area contributed by atoms with Gasteiger partial charge in [0, 0.05) is 29.0 Å². The van der Waals surface area contributed by atoms with Crippen LogP contribution in [0.3, 0.4) is 0 Å². The lowest BCUT2D eigenvalue weighted by Gasteiger charge is -2.16. The van der Waals surface area contributed by atoms with Gasteiger partial charge in [0.15, 0.2) is 0 Å².